The van der Waals surface area contributed by atoms with Crippen LogP contribution in [0.1, 0.15) is 125 Å². The maximum atomic E-state index is 5.96. The molecule has 4 radical (unpaired) electrons. The zero-order valence-electron chi connectivity index (χ0n) is 25.2. The third-order valence-electron chi connectivity index (χ3n) is 2.34. The van der Waals surface area contributed by atoms with Crippen LogP contribution in [0.2, 0.25) is 0 Å². The summed E-state index contributed by atoms with van der Waals surface area (Å²) in [6.45, 7) is 36.7. The SMILES string of the molecule is CC(C)(C)[O][Pb]([O]C(C)(C)C)[O]C(C)(C)C.CC(C)(C)[O][Pb]([O]C(C)(C)C)[O]C(C)(C)C.[Ba]. The van der Waals surface area contributed by atoms with E-state index in [1.54, 1.807) is 0 Å². The number of rotatable bonds is 6. The van der Waals surface area contributed by atoms with E-state index >= 15 is 0 Å². The van der Waals surface area contributed by atoms with E-state index < -0.39 is 48.1 Å². The molecule has 0 saturated carbocycles. The molecule has 0 amide bonds. The molecule has 0 aliphatic carbocycles. The topological polar surface area (TPSA) is 55.4 Å². The van der Waals surface area contributed by atoms with Gasteiger partial charge in [-0.2, -0.15) is 0 Å². The molecule has 0 saturated heterocycles. The van der Waals surface area contributed by atoms with Crippen LogP contribution in [0, 0.1) is 0 Å². The quantitative estimate of drug-likeness (QED) is 0.286. The van der Waals surface area contributed by atoms with Gasteiger partial charge < -0.3 is 0 Å². The van der Waals surface area contributed by atoms with Crippen LogP contribution in [-0.4, -0.2) is 131 Å². The van der Waals surface area contributed by atoms with Gasteiger partial charge in [-0.05, 0) is 0 Å². The summed E-state index contributed by atoms with van der Waals surface area (Å²) in [6.07, 6.45) is 0. The molecular formula is C24H54BaO6Pb2. The molecule has 0 aliphatic rings. The average molecular weight is 990 g/mol. The van der Waals surface area contributed by atoms with Gasteiger partial charge in [0.15, 0.2) is 0 Å². The van der Waals surface area contributed by atoms with Crippen LogP contribution in [0.4, 0.5) is 0 Å². The van der Waals surface area contributed by atoms with Crippen LogP contribution in [0.25, 0.3) is 0 Å². The van der Waals surface area contributed by atoms with E-state index in [0.717, 1.165) is 0 Å². The molecule has 9 heteroatoms. The Morgan fingerprint density at radius 1 is 0.273 bits per heavy atom. The van der Waals surface area contributed by atoms with Crippen LogP contribution < -0.4 is 0 Å². The van der Waals surface area contributed by atoms with Gasteiger partial charge in [0.25, 0.3) is 0 Å². The Labute approximate surface area is 267 Å². The number of hydrogen-bond acceptors (Lipinski definition) is 6. The average Bonchev–Trinajstić information content (AvgIpc) is 2.24. The molecule has 0 bridgehead atoms. The van der Waals surface area contributed by atoms with Crippen molar-refractivity contribution in [3.05, 3.63) is 0 Å². The monoisotopic (exact) mass is 992 g/mol. The Kier molecular flexibility index (Phi) is 19.3. The van der Waals surface area contributed by atoms with Gasteiger partial charge in [0.1, 0.15) is 0 Å². The van der Waals surface area contributed by atoms with E-state index in [0.29, 0.717) is 0 Å². The van der Waals surface area contributed by atoms with Crippen LogP contribution in [-0.2, 0) is 16.1 Å². The normalized spacial score (nSPS) is 14.2. The van der Waals surface area contributed by atoms with Gasteiger partial charge in [0.05, 0.1) is 0 Å². The molecule has 196 valence electrons. The second-order valence-electron chi connectivity index (χ2n) is 13.8. The summed E-state index contributed by atoms with van der Waals surface area (Å²) in [5, 5.41) is 0. The van der Waals surface area contributed by atoms with Gasteiger partial charge in [-0.1, -0.05) is 0 Å². The molecule has 0 spiro atoms. The summed E-state index contributed by atoms with van der Waals surface area (Å²) in [7, 11) is 0. The molecule has 0 aromatic carbocycles. The molecule has 0 aromatic rings. The van der Waals surface area contributed by atoms with Gasteiger partial charge in [-0.3, -0.25) is 0 Å². The van der Waals surface area contributed by atoms with Crippen LogP contribution in [0.3, 0.4) is 0 Å². The van der Waals surface area contributed by atoms with E-state index in [2.05, 4.69) is 0 Å². The fourth-order valence-electron chi connectivity index (χ4n) is 1.63. The second kappa shape index (κ2) is 15.7. The smallest absolute Gasteiger partial charge is 0 e. The predicted octanol–water partition coefficient (Wildman–Crippen LogP) is 6.45. The molecule has 0 atom stereocenters. The van der Waals surface area contributed by atoms with Crippen LogP contribution in [0.5, 0.6) is 0 Å². The van der Waals surface area contributed by atoms with Gasteiger partial charge >= 0.3 is 222 Å². The van der Waals surface area contributed by atoms with Crippen LogP contribution in [0.15, 0.2) is 0 Å². The summed E-state index contributed by atoms with van der Waals surface area (Å²) in [6, 6.07) is 0. The minimum atomic E-state index is -2.89. The van der Waals surface area contributed by atoms with E-state index in [-0.39, 0.29) is 82.5 Å². The van der Waals surface area contributed by atoms with E-state index in [1.807, 2.05) is 125 Å². The summed E-state index contributed by atoms with van der Waals surface area (Å²) in [5.41, 5.74) is -1.18. The fraction of sp³-hybridized carbons (Fsp3) is 1.00. The Balaban J connectivity index is -0.000000529. The molecule has 33 heavy (non-hydrogen) atoms. The Hall–Kier alpha value is 3.18. The van der Waals surface area contributed by atoms with E-state index in [9.17, 15) is 0 Å². The molecular weight excluding hydrogens is 936 g/mol. The van der Waals surface area contributed by atoms with Crippen molar-refractivity contribution < 1.29 is 16.1 Å². The Morgan fingerprint density at radius 3 is 0.424 bits per heavy atom. The maximum absolute atomic E-state index is 5.96. The van der Waals surface area contributed by atoms with Crippen molar-refractivity contribution in [1.82, 2.24) is 0 Å². The molecule has 0 aromatic heterocycles. The minimum Gasteiger partial charge on any atom is 0 e. The molecule has 0 N–H and O–H groups in total. The maximum Gasteiger partial charge on any atom is 0 e. The minimum absolute atomic E-state index is 0. The van der Waals surface area contributed by atoms with E-state index in [1.165, 1.54) is 0 Å². The molecule has 0 aliphatic heterocycles. The summed E-state index contributed by atoms with van der Waals surface area (Å²) in [4.78, 5) is 0. The standard InChI is InChI=1S/6C4H9O.Ba.2Pb/c6*1-4(2,3)5;;;/h6*1-3H3;;;/q6*-1;;2*+3. The molecule has 0 rings (SSSR count). The van der Waals surface area contributed by atoms with Crippen molar-refractivity contribution in [1.29, 1.82) is 0 Å². The second-order valence-corrected chi connectivity index (χ2v) is 22.4. The van der Waals surface area contributed by atoms with Gasteiger partial charge in [-0.15, -0.1) is 0 Å². The van der Waals surface area contributed by atoms with Crippen molar-refractivity contribution in [2.75, 3.05) is 0 Å². The van der Waals surface area contributed by atoms with Crippen LogP contribution >= 0.6 is 0 Å². The molecule has 0 fully saturated rings. The first-order valence-corrected chi connectivity index (χ1v) is 21.0. The zero-order chi connectivity index (χ0) is 26.4. The molecule has 0 unspecified atom stereocenters. The van der Waals surface area contributed by atoms with Crippen molar-refractivity contribution in [3.8, 4) is 0 Å². The first-order valence-electron chi connectivity index (χ1n) is 11.4. The fourth-order valence-corrected chi connectivity index (χ4v) is 14.3. The molecule has 0 heterocycles. The largest absolute Gasteiger partial charge is 0 e. The van der Waals surface area contributed by atoms with E-state index in [4.69, 9.17) is 16.1 Å². The Bertz CT molecular complexity index is 394. The van der Waals surface area contributed by atoms with Crippen molar-refractivity contribution in [3.63, 3.8) is 0 Å². The summed E-state index contributed by atoms with van der Waals surface area (Å²) < 4.78 is 35.8. The predicted molar refractivity (Wildman–Crippen MR) is 142 cm³/mol. The van der Waals surface area contributed by atoms with Gasteiger partial charge in [0.2, 0.25) is 0 Å². The molecule has 6 nitrogen and oxygen atoms in total. The number of hydrogen-bond donors (Lipinski definition) is 0. The Morgan fingerprint density at radius 2 is 0.364 bits per heavy atom. The summed E-state index contributed by atoms with van der Waals surface area (Å²) in [5.74, 6) is 0. The van der Waals surface area contributed by atoms with Gasteiger partial charge in [0, 0.05) is 48.9 Å². The van der Waals surface area contributed by atoms with Crippen molar-refractivity contribution in [2.45, 2.75) is 158 Å². The first kappa shape index (κ1) is 40.7. The van der Waals surface area contributed by atoms with Crippen molar-refractivity contribution in [2.24, 2.45) is 0 Å². The zero-order valence-corrected chi connectivity index (χ0v) is 37.4. The third kappa shape index (κ3) is 35.2. The summed E-state index contributed by atoms with van der Waals surface area (Å²) >= 11 is -5.79. The van der Waals surface area contributed by atoms with Crippen molar-refractivity contribution >= 4 is 97.0 Å². The van der Waals surface area contributed by atoms with Gasteiger partial charge in [-0.25, -0.2) is 0 Å². The third-order valence-corrected chi connectivity index (χ3v) is 20.5. The first-order chi connectivity index (χ1) is 13.6.